The van der Waals surface area contributed by atoms with E-state index in [0.29, 0.717) is 38.4 Å². The van der Waals surface area contributed by atoms with Gasteiger partial charge in [0.2, 0.25) is 5.91 Å². The second kappa shape index (κ2) is 7.56. The number of ether oxygens (including phenoxy) is 1. The molecule has 0 bridgehead atoms. The lowest BCUT2D eigenvalue weighted by Crippen LogP contribution is -2.48. The summed E-state index contributed by atoms with van der Waals surface area (Å²) in [4.78, 5) is 17.5. The normalized spacial score (nSPS) is 19.0. The van der Waals surface area contributed by atoms with E-state index in [9.17, 15) is 9.18 Å². The molecular formula is C21H23FN2O2. The van der Waals surface area contributed by atoms with Crippen LogP contribution in [-0.2, 0) is 16.0 Å². The minimum atomic E-state index is -0.619. The van der Waals surface area contributed by atoms with E-state index in [1.807, 2.05) is 28.0 Å². The van der Waals surface area contributed by atoms with Crippen LogP contribution in [0.25, 0.3) is 0 Å². The molecule has 4 rings (SSSR count). The molecule has 2 heterocycles. The first kappa shape index (κ1) is 17.2. The quantitative estimate of drug-likeness (QED) is 0.849. The summed E-state index contributed by atoms with van der Waals surface area (Å²) < 4.78 is 20.0. The number of fused-ring (bicyclic) bond motifs is 1. The van der Waals surface area contributed by atoms with E-state index < -0.39 is 6.04 Å². The van der Waals surface area contributed by atoms with E-state index in [1.54, 1.807) is 18.2 Å². The Morgan fingerprint density at radius 1 is 1.00 bits per heavy atom. The number of hydrogen-bond acceptors (Lipinski definition) is 3. The molecule has 0 radical (unpaired) electrons. The Bertz CT molecular complexity index is 789. The van der Waals surface area contributed by atoms with Gasteiger partial charge in [0.25, 0.3) is 0 Å². The SMILES string of the molecule is O=C([C@@H](c1ccccc1F)N1CCOCC1)N1CCCc2ccccc21. The van der Waals surface area contributed by atoms with Crippen LogP contribution >= 0.6 is 0 Å². The molecular weight excluding hydrogens is 331 g/mol. The van der Waals surface area contributed by atoms with Crippen LogP contribution in [0.4, 0.5) is 10.1 Å². The van der Waals surface area contributed by atoms with E-state index >= 15 is 0 Å². The maximum atomic E-state index is 14.6. The smallest absolute Gasteiger partial charge is 0.249 e. The maximum absolute atomic E-state index is 14.6. The summed E-state index contributed by atoms with van der Waals surface area (Å²) in [5.41, 5.74) is 2.59. The van der Waals surface area contributed by atoms with Crippen molar-refractivity contribution in [3.63, 3.8) is 0 Å². The lowest BCUT2D eigenvalue weighted by Gasteiger charge is -2.38. The molecule has 2 aliphatic heterocycles. The van der Waals surface area contributed by atoms with Crippen LogP contribution in [0.3, 0.4) is 0 Å². The fourth-order valence-corrected chi connectivity index (χ4v) is 3.93. The molecule has 136 valence electrons. The Morgan fingerprint density at radius 2 is 1.73 bits per heavy atom. The number of hydrogen-bond donors (Lipinski definition) is 0. The maximum Gasteiger partial charge on any atom is 0.249 e. The summed E-state index contributed by atoms with van der Waals surface area (Å²) >= 11 is 0. The summed E-state index contributed by atoms with van der Waals surface area (Å²) in [6, 6.07) is 14.0. The molecule has 0 N–H and O–H groups in total. The fourth-order valence-electron chi connectivity index (χ4n) is 3.93. The first-order chi connectivity index (χ1) is 12.8. The number of benzene rings is 2. The van der Waals surface area contributed by atoms with Crippen molar-refractivity contribution in [3.05, 3.63) is 65.5 Å². The predicted molar refractivity (Wildman–Crippen MR) is 98.6 cm³/mol. The van der Waals surface area contributed by atoms with E-state index in [4.69, 9.17) is 4.74 Å². The summed E-state index contributed by atoms with van der Waals surface area (Å²) in [5.74, 6) is -0.383. The molecule has 0 spiro atoms. The number of halogens is 1. The molecule has 0 unspecified atom stereocenters. The first-order valence-electron chi connectivity index (χ1n) is 9.21. The van der Waals surface area contributed by atoms with Crippen molar-refractivity contribution in [2.45, 2.75) is 18.9 Å². The van der Waals surface area contributed by atoms with Crippen LogP contribution in [-0.4, -0.2) is 43.7 Å². The molecule has 26 heavy (non-hydrogen) atoms. The molecule has 1 atom stereocenters. The second-order valence-corrected chi connectivity index (χ2v) is 6.79. The highest BCUT2D eigenvalue weighted by molar-refractivity contribution is 5.98. The highest BCUT2D eigenvalue weighted by Gasteiger charge is 2.35. The van der Waals surface area contributed by atoms with Gasteiger partial charge in [-0.1, -0.05) is 36.4 Å². The van der Waals surface area contributed by atoms with Gasteiger partial charge in [-0.05, 0) is 30.5 Å². The molecule has 2 aliphatic rings. The Kier molecular flexibility index (Phi) is 5.00. The average Bonchev–Trinajstić information content (AvgIpc) is 2.70. The molecule has 2 aromatic carbocycles. The van der Waals surface area contributed by atoms with Crippen molar-refractivity contribution < 1.29 is 13.9 Å². The number of carbonyl (C=O) groups is 1. The summed E-state index contributed by atoms with van der Waals surface area (Å²) in [6.07, 6.45) is 1.90. The topological polar surface area (TPSA) is 32.8 Å². The van der Waals surface area contributed by atoms with Gasteiger partial charge in [0.1, 0.15) is 11.9 Å². The summed E-state index contributed by atoms with van der Waals surface area (Å²) in [5, 5.41) is 0. The summed E-state index contributed by atoms with van der Waals surface area (Å²) in [7, 11) is 0. The van der Waals surface area contributed by atoms with Crippen LogP contribution in [0.1, 0.15) is 23.6 Å². The van der Waals surface area contributed by atoms with Crippen molar-refractivity contribution in [1.29, 1.82) is 0 Å². The van der Waals surface area contributed by atoms with Gasteiger partial charge in [-0.15, -0.1) is 0 Å². The van der Waals surface area contributed by atoms with Crippen LogP contribution < -0.4 is 4.90 Å². The first-order valence-corrected chi connectivity index (χ1v) is 9.21. The number of anilines is 1. The van der Waals surface area contributed by atoms with Gasteiger partial charge in [-0.2, -0.15) is 0 Å². The monoisotopic (exact) mass is 354 g/mol. The molecule has 1 saturated heterocycles. The third kappa shape index (κ3) is 3.24. The average molecular weight is 354 g/mol. The van der Waals surface area contributed by atoms with E-state index in [-0.39, 0.29) is 11.7 Å². The van der Waals surface area contributed by atoms with Gasteiger partial charge in [0, 0.05) is 30.9 Å². The molecule has 1 amide bonds. The lowest BCUT2D eigenvalue weighted by molar-refractivity contribution is -0.126. The third-order valence-corrected chi connectivity index (χ3v) is 5.22. The molecule has 2 aromatic rings. The van der Waals surface area contributed by atoms with E-state index in [2.05, 4.69) is 6.07 Å². The number of morpholine rings is 1. The van der Waals surface area contributed by atoms with Crippen LogP contribution in [0.15, 0.2) is 48.5 Å². The zero-order valence-corrected chi connectivity index (χ0v) is 14.7. The van der Waals surface area contributed by atoms with Crippen molar-refractivity contribution in [3.8, 4) is 0 Å². The van der Waals surface area contributed by atoms with Crippen molar-refractivity contribution in [1.82, 2.24) is 4.90 Å². The number of nitrogens with zero attached hydrogens (tertiary/aromatic N) is 2. The van der Waals surface area contributed by atoms with Crippen molar-refractivity contribution in [2.24, 2.45) is 0 Å². The Morgan fingerprint density at radius 3 is 2.54 bits per heavy atom. The largest absolute Gasteiger partial charge is 0.379 e. The molecule has 5 heteroatoms. The van der Waals surface area contributed by atoms with E-state index in [0.717, 1.165) is 18.5 Å². The van der Waals surface area contributed by atoms with Crippen LogP contribution in [0.2, 0.25) is 0 Å². The number of carbonyl (C=O) groups excluding carboxylic acids is 1. The van der Waals surface area contributed by atoms with Gasteiger partial charge in [-0.3, -0.25) is 9.69 Å². The van der Waals surface area contributed by atoms with Crippen LogP contribution in [0, 0.1) is 5.82 Å². The number of para-hydroxylation sites is 1. The number of rotatable bonds is 3. The Labute approximate surface area is 153 Å². The molecule has 0 saturated carbocycles. The number of aryl methyl sites for hydroxylation is 1. The fraction of sp³-hybridized carbons (Fsp3) is 0.381. The Hall–Kier alpha value is -2.24. The minimum Gasteiger partial charge on any atom is -0.379 e. The standard InChI is InChI=1S/C21H23FN2O2/c22-18-9-3-2-8-17(18)20(23-12-14-26-15-13-23)21(25)24-11-5-7-16-6-1-4-10-19(16)24/h1-4,6,8-10,20H,5,7,11-15H2/t20-/m1/s1. The van der Waals surface area contributed by atoms with Gasteiger partial charge in [-0.25, -0.2) is 4.39 Å². The zero-order valence-electron chi connectivity index (χ0n) is 14.7. The van der Waals surface area contributed by atoms with Gasteiger partial charge in [0.15, 0.2) is 0 Å². The molecule has 0 aliphatic carbocycles. The molecule has 0 aromatic heterocycles. The molecule has 4 nitrogen and oxygen atoms in total. The highest BCUT2D eigenvalue weighted by atomic mass is 19.1. The van der Waals surface area contributed by atoms with Gasteiger partial charge >= 0.3 is 0 Å². The van der Waals surface area contributed by atoms with Crippen LogP contribution in [0.5, 0.6) is 0 Å². The zero-order chi connectivity index (χ0) is 17.9. The van der Waals surface area contributed by atoms with Gasteiger partial charge < -0.3 is 9.64 Å². The lowest BCUT2D eigenvalue weighted by atomic mass is 9.98. The Balaban J connectivity index is 1.72. The molecule has 1 fully saturated rings. The minimum absolute atomic E-state index is 0.0517. The van der Waals surface area contributed by atoms with Crippen molar-refractivity contribution >= 4 is 11.6 Å². The predicted octanol–water partition coefficient (Wildman–Crippen LogP) is 3.18. The third-order valence-electron chi connectivity index (χ3n) is 5.22. The van der Waals surface area contributed by atoms with Crippen molar-refractivity contribution in [2.75, 3.05) is 37.7 Å². The second-order valence-electron chi connectivity index (χ2n) is 6.79. The summed E-state index contributed by atoms with van der Waals surface area (Å²) in [6.45, 7) is 3.05. The van der Waals surface area contributed by atoms with E-state index in [1.165, 1.54) is 11.6 Å². The van der Waals surface area contributed by atoms with Gasteiger partial charge in [0.05, 0.1) is 13.2 Å². The highest BCUT2D eigenvalue weighted by Crippen LogP contribution is 2.32. The number of amides is 1.